The second-order valence-corrected chi connectivity index (χ2v) is 5.49. The summed E-state index contributed by atoms with van der Waals surface area (Å²) in [5.41, 5.74) is 3.94. The van der Waals surface area contributed by atoms with Crippen molar-refractivity contribution in [2.75, 3.05) is 13.7 Å². The van der Waals surface area contributed by atoms with Crippen LogP contribution in [0.1, 0.15) is 45.2 Å². The van der Waals surface area contributed by atoms with E-state index in [1.807, 2.05) is 18.2 Å². The van der Waals surface area contributed by atoms with E-state index in [0.29, 0.717) is 0 Å². The second kappa shape index (κ2) is 5.80. The molecule has 0 fully saturated rings. The van der Waals surface area contributed by atoms with Crippen LogP contribution >= 0.6 is 0 Å². The molecule has 4 heteroatoms. The van der Waals surface area contributed by atoms with Crippen molar-refractivity contribution < 1.29 is 14.3 Å². The van der Waals surface area contributed by atoms with Crippen molar-refractivity contribution in [1.29, 1.82) is 0 Å². The van der Waals surface area contributed by atoms with Crippen LogP contribution in [0.25, 0.3) is 0 Å². The van der Waals surface area contributed by atoms with Gasteiger partial charge >= 0.3 is 0 Å². The van der Waals surface area contributed by atoms with Crippen molar-refractivity contribution in [3.8, 4) is 11.5 Å². The molecule has 1 heterocycles. The summed E-state index contributed by atoms with van der Waals surface area (Å²) in [7, 11) is 1.64. The molecule has 0 amide bonds. The van der Waals surface area contributed by atoms with Gasteiger partial charge < -0.3 is 14.3 Å². The summed E-state index contributed by atoms with van der Waals surface area (Å²) in [4.78, 5) is 5.11. The Morgan fingerprint density at radius 3 is 2.89 bits per heavy atom. The molecule has 1 aliphatic rings. The number of rotatable bonds is 5. The van der Waals surface area contributed by atoms with Crippen LogP contribution in [0.2, 0.25) is 0 Å². The molecule has 1 atom stereocenters. The first-order valence-electron chi connectivity index (χ1n) is 6.80. The van der Waals surface area contributed by atoms with Gasteiger partial charge in [-0.1, -0.05) is 6.92 Å². The first-order valence-corrected chi connectivity index (χ1v) is 6.80. The second-order valence-electron chi connectivity index (χ2n) is 5.49. The number of hydrogen-bond acceptors (Lipinski definition) is 4. The Bertz CT molecular complexity index is 431. The van der Waals surface area contributed by atoms with E-state index in [1.165, 1.54) is 0 Å². The average Bonchev–Trinajstić information content (AvgIpc) is 2.36. The first-order chi connectivity index (χ1) is 9.05. The van der Waals surface area contributed by atoms with Crippen LogP contribution < -0.4 is 15.0 Å². The van der Waals surface area contributed by atoms with Gasteiger partial charge in [0.15, 0.2) is 0 Å². The summed E-state index contributed by atoms with van der Waals surface area (Å²) in [5, 5.41) is 0. The molecule has 2 rings (SSSR count). The van der Waals surface area contributed by atoms with Gasteiger partial charge in [-0.05, 0) is 38.5 Å². The van der Waals surface area contributed by atoms with Gasteiger partial charge in [0.05, 0.1) is 19.8 Å². The van der Waals surface area contributed by atoms with E-state index < -0.39 is 0 Å². The van der Waals surface area contributed by atoms with E-state index in [4.69, 9.17) is 14.3 Å². The Balaban J connectivity index is 2.27. The summed E-state index contributed by atoms with van der Waals surface area (Å²) < 4.78 is 11.7. The molecule has 19 heavy (non-hydrogen) atoms. The van der Waals surface area contributed by atoms with Crippen LogP contribution in [0.5, 0.6) is 11.5 Å². The molecule has 0 aromatic heterocycles. The largest absolute Gasteiger partial charge is 0.494 e. The molecule has 1 aromatic carbocycles. The number of ether oxygens (including phenoxy) is 2. The van der Waals surface area contributed by atoms with Crippen molar-refractivity contribution >= 4 is 0 Å². The molecule has 1 N–H and O–H groups in total. The van der Waals surface area contributed by atoms with E-state index in [9.17, 15) is 0 Å². The Hall–Kier alpha value is -1.26. The molecule has 0 bridgehead atoms. The summed E-state index contributed by atoms with van der Waals surface area (Å²) in [6, 6.07) is 6.09. The monoisotopic (exact) mass is 265 g/mol. The minimum absolute atomic E-state index is 0.119. The van der Waals surface area contributed by atoms with Crippen LogP contribution in [-0.2, 0) is 4.84 Å². The number of fused-ring (bicyclic) bond motifs is 1. The van der Waals surface area contributed by atoms with Gasteiger partial charge in [0.2, 0.25) is 0 Å². The molecule has 0 spiro atoms. The molecule has 1 unspecified atom stereocenters. The maximum Gasteiger partial charge on any atom is 0.125 e. The third-order valence-electron chi connectivity index (χ3n) is 3.17. The van der Waals surface area contributed by atoms with Gasteiger partial charge in [0.1, 0.15) is 17.1 Å². The van der Waals surface area contributed by atoms with Crippen molar-refractivity contribution in [1.82, 2.24) is 5.48 Å². The molecule has 0 saturated carbocycles. The average molecular weight is 265 g/mol. The zero-order chi connectivity index (χ0) is 13.9. The maximum atomic E-state index is 6.00. The fourth-order valence-electron chi connectivity index (χ4n) is 2.39. The summed E-state index contributed by atoms with van der Waals surface area (Å²) in [6.45, 7) is 7.00. The molecule has 106 valence electrons. The number of hydrogen-bond donors (Lipinski definition) is 1. The van der Waals surface area contributed by atoms with Gasteiger partial charge in [-0.15, -0.1) is 0 Å². The minimum Gasteiger partial charge on any atom is -0.494 e. The number of benzene rings is 1. The van der Waals surface area contributed by atoms with E-state index in [0.717, 1.165) is 36.5 Å². The zero-order valence-corrected chi connectivity index (χ0v) is 12.2. The van der Waals surface area contributed by atoms with Gasteiger partial charge in [0, 0.05) is 12.0 Å². The lowest BCUT2D eigenvalue weighted by Gasteiger charge is -2.37. The highest BCUT2D eigenvalue weighted by atomic mass is 16.6. The van der Waals surface area contributed by atoms with Crippen LogP contribution in [-0.4, -0.2) is 19.3 Å². The van der Waals surface area contributed by atoms with Gasteiger partial charge in [-0.2, -0.15) is 5.48 Å². The third-order valence-corrected chi connectivity index (χ3v) is 3.17. The smallest absolute Gasteiger partial charge is 0.125 e. The lowest BCUT2D eigenvalue weighted by atomic mass is 9.90. The quantitative estimate of drug-likeness (QED) is 0.830. The zero-order valence-electron chi connectivity index (χ0n) is 12.2. The molecule has 4 nitrogen and oxygen atoms in total. The van der Waals surface area contributed by atoms with Crippen LogP contribution in [0, 0.1) is 0 Å². The predicted molar refractivity (Wildman–Crippen MR) is 74.4 cm³/mol. The predicted octanol–water partition coefficient (Wildman–Crippen LogP) is 3.23. The van der Waals surface area contributed by atoms with Crippen LogP contribution in [0.3, 0.4) is 0 Å². The Labute approximate surface area is 115 Å². The normalized spacial score (nSPS) is 20.5. The minimum atomic E-state index is -0.199. The highest BCUT2D eigenvalue weighted by Crippen LogP contribution is 2.41. The lowest BCUT2D eigenvalue weighted by Crippen LogP contribution is -2.39. The van der Waals surface area contributed by atoms with Crippen molar-refractivity contribution in [3.05, 3.63) is 23.8 Å². The van der Waals surface area contributed by atoms with E-state index in [2.05, 4.69) is 26.3 Å². The molecule has 1 aromatic rings. The highest BCUT2D eigenvalue weighted by Gasteiger charge is 2.34. The Kier molecular flexibility index (Phi) is 4.32. The molecule has 0 saturated heterocycles. The van der Waals surface area contributed by atoms with Crippen LogP contribution in [0.15, 0.2) is 18.2 Å². The van der Waals surface area contributed by atoms with E-state index in [-0.39, 0.29) is 11.6 Å². The first kappa shape index (κ1) is 14.2. The van der Waals surface area contributed by atoms with Crippen molar-refractivity contribution in [2.45, 2.75) is 45.3 Å². The lowest BCUT2D eigenvalue weighted by molar-refractivity contribution is 0.00284. The fourth-order valence-corrected chi connectivity index (χ4v) is 2.39. The van der Waals surface area contributed by atoms with Gasteiger partial charge in [-0.25, -0.2) is 0 Å². The SMILES string of the molecule is CCCOc1ccc2c(c1)C(NOC)CC(C)(C)O2. The summed E-state index contributed by atoms with van der Waals surface area (Å²) >= 11 is 0. The molecular formula is C15H23NO3. The maximum absolute atomic E-state index is 6.00. The third kappa shape index (κ3) is 3.39. The number of hydroxylamine groups is 1. The fraction of sp³-hybridized carbons (Fsp3) is 0.600. The summed E-state index contributed by atoms with van der Waals surface area (Å²) in [5.74, 6) is 1.78. The summed E-state index contributed by atoms with van der Waals surface area (Å²) in [6.07, 6.45) is 1.85. The molecule has 1 aliphatic heterocycles. The van der Waals surface area contributed by atoms with Gasteiger partial charge in [0.25, 0.3) is 0 Å². The van der Waals surface area contributed by atoms with Crippen molar-refractivity contribution in [2.24, 2.45) is 0 Å². The van der Waals surface area contributed by atoms with Crippen LogP contribution in [0.4, 0.5) is 0 Å². The molecule has 0 radical (unpaired) electrons. The topological polar surface area (TPSA) is 39.7 Å². The molecular weight excluding hydrogens is 242 g/mol. The van der Waals surface area contributed by atoms with E-state index >= 15 is 0 Å². The number of nitrogens with one attached hydrogen (secondary N) is 1. The highest BCUT2D eigenvalue weighted by molar-refractivity contribution is 5.44. The Morgan fingerprint density at radius 1 is 1.42 bits per heavy atom. The van der Waals surface area contributed by atoms with E-state index in [1.54, 1.807) is 7.11 Å². The van der Waals surface area contributed by atoms with Crippen molar-refractivity contribution in [3.63, 3.8) is 0 Å². The standard InChI is InChI=1S/C15H23NO3/c1-5-8-18-11-6-7-14-12(9-11)13(16-17-4)10-15(2,3)19-14/h6-7,9,13,16H,5,8,10H2,1-4H3. The Morgan fingerprint density at radius 2 is 2.21 bits per heavy atom. The molecule has 0 aliphatic carbocycles. The van der Waals surface area contributed by atoms with Gasteiger partial charge in [-0.3, -0.25) is 0 Å².